The lowest BCUT2D eigenvalue weighted by molar-refractivity contribution is 0.0518. The van der Waals surface area contributed by atoms with E-state index in [1.54, 1.807) is 0 Å². The third-order valence-corrected chi connectivity index (χ3v) is 2.00. The van der Waals surface area contributed by atoms with Crippen molar-refractivity contribution in [2.75, 3.05) is 0 Å². The van der Waals surface area contributed by atoms with Crippen LogP contribution in [0.3, 0.4) is 0 Å². The summed E-state index contributed by atoms with van der Waals surface area (Å²) in [5, 5.41) is 9.34. The monoisotopic (exact) mass is 115 g/mol. The van der Waals surface area contributed by atoms with Crippen LogP contribution in [0.25, 0.3) is 0 Å². The van der Waals surface area contributed by atoms with Gasteiger partial charge in [-0.1, -0.05) is 0 Å². The van der Waals surface area contributed by atoms with Crippen LogP contribution in [0, 0.1) is 0 Å². The van der Waals surface area contributed by atoms with Crippen molar-refractivity contribution in [2.24, 2.45) is 5.73 Å². The molecule has 2 atom stereocenters. The molecule has 1 rings (SSSR count). The Hall–Kier alpha value is -0.0800. The van der Waals surface area contributed by atoms with Crippen LogP contribution >= 0.6 is 0 Å². The van der Waals surface area contributed by atoms with E-state index in [1.807, 2.05) is 6.92 Å². The standard InChI is InChI=1S/C6H13NO/c1-6(8)4-2-3-5(6)7/h5,8H,2-4,7H2,1H3/t5-,6+/m1/s1. The third-order valence-electron chi connectivity index (χ3n) is 2.00. The van der Waals surface area contributed by atoms with Crippen molar-refractivity contribution in [1.82, 2.24) is 0 Å². The topological polar surface area (TPSA) is 46.2 Å². The molecule has 1 fully saturated rings. The molecule has 0 unspecified atom stereocenters. The normalized spacial score (nSPS) is 47.6. The fourth-order valence-electron chi connectivity index (χ4n) is 1.18. The maximum atomic E-state index is 9.34. The Bertz CT molecular complexity index is 90.5. The molecule has 0 aliphatic heterocycles. The number of nitrogens with two attached hydrogens (primary N) is 1. The first kappa shape index (κ1) is 6.05. The van der Waals surface area contributed by atoms with Crippen LogP contribution in [0.5, 0.6) is 0 Å². The minimum Gasteiger partial charge on any atom is -0.389 e. The van der Waals surface area contributed by atoms with Gasteiger partial charge >= 0.3 is 0 Å². The van der Waals surface area contributed by atoms with E-state index < -0.39 is 5.60 Å². The highest BCUT2D eigenvalue weighted by atomic mass is 16.3. The van der Waals surface area contributed by atoms with Crippen LogP contribution in [0.15, 0.2) is 0 Å². The van der Waals surface area contributed by atoms with E-state index in [9.17, 15) is 5.11 Å². The van der Waals surface area contributed by atoms with Crippen LogP contribution in [0.2, 0.25) is 0 Å². The molecule has 0 heterocycles. The zero-order chi connectivity index (χ0) is 6.20. The number of aliphatic hydroxyl groups is 1. The summed E-state index contributed by atoms with van der Waals surface area (Å²) in [5.41, 5.74) is 4.99. The summed E-state index contributed by atoms with van der Waals surface area (Å²) in [7, 11) is 0. The molecule has 0 spiro atoms. The summed E-state index contributed by atoms with van der Waals surface area (Å²) >= 11 is 0. The van der Waals surface area contributed by atoms with E-state index in [-0.39, 0.29) is 6.04 Å². The molecule has 0 radical (unpaired) electrons. The van der Waals surface area contributed by atoms with E-state index in [0.29, 0.717) is 0 Å². The van der Waals surface area contributed by atoms with Crippen LogP contribution in [0.4, 0.5) is 0 Å². The molecule has 0 bridgehead atoms. The fourth-order valence-corrected chi connectivity index (χ4v) is 1.18. The zero-order valence-electron chi connectivity index (χ0n) is 5.22. The largest absolute Gasteiger partial charge is 0.389 e. The van der Waals surface area contributed by atoms with Crippen LogP contribution in [0.1, 0.15) is 26.2 Å². The second-order valence-corrected chi connectivity index (χ2v) is 2.86. The Balaban J connectivity index is 2.54. The molecule has 8 heavy (non-hydrogen) atoms. The lowest BCUT2D eigenvalue weighted by Gasteiger charge is -2.20. The van der Waals surface area contributed by atoms with Gasteiger partial charge in [-0.05, 0) is 26.2 Å². The average molecular weight is 115 g/mol. The van der Waals surface area contributed by atoms with Crippen molar-refractivity contribution in [1.29, 1.82) is 0 Å². The zero-order valence-corrected chi connectivity index (χ0v) is 5.22. The van der Waals surface area contributed by atoms with Gasteiger partial charge in [-0.2, -0.15) is 0 Å². The molecular weight excluding hydrogens is 102 g/mol. The Morgan fingerprint density at radius 1 is 1.75 bits per heavy atom. The maximum absolute atomic E-state index is 9.34. The molecule has 0 amide bonds. The van der Waals surface area contributed by atoms with Crippen LogP contribution < -0.4 is 5.73 Å². The van der Waals surface area contributed by atoms with Gasteiger partial charge in [0.15, 0.2) is 0 Å². The number of hydrogen-bond donors (Lipinski definition) is 2. The van der Waals surface area contributed by atoms with Crippen LogP contribution in [-0.2, 0) is 0 Å². The summed E-state index contributed by atoms with van der Waals surface area (Å²) in [4.78, 5) is 0. The highest BCUT2D eigenvalue weighted by Gasteiger charge is 2.33. The predicted octanol–water partition coefficient (Wildman–Crippen LogP) is 0.249. The second kappa shape index (κ2) is 1.71. The van der Waals surface area contributed by atoms with E-state index in [0.717, 1.165) is 19.3 Å². The second-order valence-electron chi connectivity index (χ2n) is 2.86. The highest BCUT2D eigenvalue weighted by molar-refractivity contribution is 4.90. The quantitative estimate of drug-likeness (QED) is 0.475. The average Bonchev–Trinajstić information content (AvgIpc) is 1.86. The molecule has 3 N–H and O–H groups in total. The van der Waals surface area contributed by atoms with Gasteiger partial charge in [-0.25, -0.2) is 0 Å². The molecule has 2 heteroatoms. The lowest BCUT2D eigenvalue weighted by atomic mass is 10.0. The predicted molar refractivity (Wildman–Crippen MR) is 32.5 cm³/mol. The summed E-state index contributed by atoms with van der Waals surface area (Å²) < 4.78 is 0. The molecule has 0 aromatic carbocycles. The summed E-state index contributed by atoms with van der Waals surface area (Å²) in [6.07, 6.45) is 2.93. The molecular formula is C6H13NO. The van der Waals surface area contributed by atoms with Crippen molar-refractivity contribution in [3.8, 4) is 0 Å². The van der Waals surface area contributed by atoms with E-state index in [1.165, 1.54) is 0 Å². The van der Waals surface area contributed by atoms with Crippen molar-refractivity contribution < 1.29 is 5.11 Å². The van der Waals surface area contributed by atoms with Crippen molar-refractivity contribution in [3.63, 3.8) is 0 Å². The summed E-state index contributed by atoms with van der Waals surface area (Å²) in [6.45, 7) is 1.81. The van der Waals surface area contributed by atoms with Gasteiger partial charge in [0, 0.05) is 6.04 Å². The van der Waals surface area contributed by atoms with Gasteiger partial charge in [-0.15, -0.1) is 0 Å². The molecule has 48 valence electrons. The summed E-state index contributed by atoms with van der Waals surface area (Å²) in [5.74, 6) is 0. The highest BCUT2D eigenvalue weighted by Crippen LogP contribution is 2.27. The van der Waals surface area contributed by atoms with Gasteiger partial charge in [0.05, 0.1) is 5.60 Å². The minimum absolute atomic E-state index is 0.0162. The number of rotatable bonds is 0. The Labute approximate surface area is 49.7 Å². The van der Waals surface area contributed by atoms with E-state index in [2.05, 4.69) is 0 Å². The van der Waals surface area contributed by atoms with Gasteiger partial charge in [0.1, 0.15) is 0 Å². The van der Waals surface area contributed by atoms with Gasteiger partial charge in [-0.3, -0.25) is 0 Å². The maximum Gasteiger partial charge on any atom is 0.0769 e. The van der Waals surface area contributed by atoms with Gasteiger partial charge < -0.3 is 10.8 Å². The summed E-state index contributed by atoms with van der Waals surface area (Å²) in [6, 6.07) is 0.0162. The molecule has 1 aliphatic carbocycles. The first-order valence-corrected chi connectivity index (χ1v) is 3.11. The number of hydrogen-bond acceptors (Lipinski definition) is 2. The smallest absolute Gasteiger partial charge is 0.0769 e. The molecule has 1 aliphatic rings. The van der Waals surface area contributed by atoms with Gasteiger partial charge in [0.2, 0.25) is 0 Å². The van der Waals surface area contributed by atoms with E-state index in [4.69, 9.17) is 5.73 Å². The SMILES string of the molecule is C[C@]1(O)CCC[C@H]1N. The Morgan fingerprint density at radius 3 is 2.50 bits per heavy atom. The Morgan fingerprint density at radius 2 is 2.38 bits per heavy atom. The van der Waals surface area contributed by atoms with Crippen molar-refractivity contribution in [2.45, 2.75) is 37.8 Å². The van der Waals surface area contributed by atoms with Crippen molar-refractivity contribution >= 4 is 0 Å². The van der Waals surface area contributed by atoms with Crippen LogP contribution in [-0.4, -0.2) is 16.7 Å². The van der Waals surface area contributed by atoms with Gasteiger partial charge in [0.25, 0.3) is 0 Å². The molecule has 1 saturated carbocycles. The molecule has 0 aromatic rings. The minimum atomic E-state index is -0.569. The lowest BCUT2D eigenvalue weighted by Crippen LogP contribution is -2.40. The molecule has 2 nitrogen and oxygen atoms in total. The van der Waals surface area contributed by atoms with E-state index >= 15 is 0 Å². The third kappa shape index (κ3) is 0.858. The Kier molecular flexibility index (Phi) is 1.29. The first-order chi connectivity index (χ1) is 3.63. The van der Waals surface area contributed by atoms with Crippen molar-refractivity contribution in [3.05, 3.63) is 0 Å². The fraction of sp³-hybridized carbons (Fsp3) is 1.00. The molecule has 0 saturated heterocycles. The first-order valence-electron chi connectivity index (χ1n) is 3.11. The molecule has 0 aromatic heterocycles.